The highest BCUT2D eigenvalue weighted by Crippen LogP contribution is 2.16. The minimum absolute atomic E-state index is 0.0813. The van der Waals surface area contributed by atoms with Gasteiger partial charge in [-0.15, -0.1) is 0 Å². The van der Waals surface area contributed by atoms with Crippen LogP contribution in [0, 0.1) is 10.8 Å². The van der Waals surface area contributed by atoms with Crippen LogP contribution in [-0.2, 0) is 14.3 Å². The summed E-state index contributed by atoms with van der Waals surface area (Å²) in [6.07, 6.45) is 3.43. The number of unbranched alkanes of at least 4 members (excludes halogenated alkanes) is 1. The van der Waals surface area contributed by atoms with Crippen LogP contribution in [0.2, 0.25) is 0 Å². The lowest BCUT2D eigenvalue weighted by Gasteiger charge is -2.18. The van der Waals surface area contributed by atoms with Crippen molar-refractivity contribution in [1.29, 1.82) is 0 Å². The summed E-state index contributed by atoms with van der Waals surface area (Å²) in [4.78, 5) is 11.6. The SMILES string of the molecule is CC(C)(C)CCNC(=O)CCOCCCCOCC(C)(C)C. The molecule has 0 aromatic rings. The van der Waals surface area contributed by atoms with Gasteiger partial charge in [0.05, 0.1) is 13.2 Å². The third kappa shape index (κ3) is 17.4. The minimum Gasteiger partial charge on any atom is -0.381 e. The highest BCUT2D eigenvalue weighted by molar-refractivity contribution is 5.75. The Morgan fingerprint density at radius 1 is 0.864 bits per heavy atom. The fraction of sp³-hybridized carbons (Fsp3) is 0.944. The molecule has 0 fully saturated rings. The monoisotopic (exact) mass is 315 g/mol. The van der Waals surface area contributed by atoms with Gasteiger partial charge in [-0.05, 0) is 30.1 Å². The van der Waals surface area contributed by atoms with E-state index in [9.17, 15) is 4.79 Å². The first-order valence-corrected chi connectivity index (χ1v) is 8.52. The second kappa shape index (κ2) is 11.0. The van der Waals surface area contributed by atoms with Crippen molar-refractivity contribution in [1.82, 2.24) is 5.32 Å². The Labute approximate surface area is 137 Å². The topological polar surface area (TPSA) is 47.6 Å². The first-order valence-electron chi connectivity index (χ1n) is 8.52. The maximum Gasteiger partial charge on any atom is 0.222 e. The number of amides is 1. The largest absolute Gasteiger partial charge is 0.381 e. The van der Waals surface area contributed by atoms with Crippen molar-refractivity contribution in [2.45, 2.75) is 67.2 Å². The standard InChI is InChI=1S/C18H37NO3/c1-17(2,3)10-11-19-16(20)9-14-21-12-7-8-13-22-15-18(4,5)6/h7-15H2,1-6H3,(H,19,20). The molecule has 0 aliphatic rings. The number of rotatable bonds is 11. The summed E-state index contributed by atoms with van der Waals surface area (Å²) in [5.41, 5.74) is 0.496. The molecule has 0 rings (SSSR count). The van der Waals surface area contributed by atoms with Crippen LogP contribution in [-0.4, -0.2) is 38.9 Å². The van der Waals surface area contributed by atoms with E-state index in [2.05, 4.69) is 46.9 Å². The number of ether oxygens (including phenoxy) is 2. The van der Waals surface area contributed by atoms with Crippen molar-refractivity contribution in [3.05, 3.63) is 0 Å². The molecule has 0 saturated heterocycles. The van der Waals surface area contributed by atoms with Crippen LogP contribution in [0.4, 0.5) is 0 Å². The van der Waals surface area contributed by atoms with Crippen molar-refractivity contribution >= 4 is 5.91 Å². The van der Waals surface area contributed by atoms with Crippen LogP contribution in [0.1, 0.15) is 67.2 Å². The molecule has 0 heterocycles. The molecule has 132 valence electrons. The third-order valence-corrected chi connectivity index (χ3v) is 3.03. The van der Waals surface area contributed by atoms with E-state index in [1.165, 1.54) is 0 Å². The van der Waals surface area contributed by atoms with E-state index in [0.29, 0.717) is 19.6 Å². The van der Waals surface area contributed by atoms with Crippen LogP contribution in [0.25, 0.3) is 0 Å². The summed E-state index contributed by atoms with van der Waals surface area (Å²) >= 11 is 0. The highest BCUT2D eigenvalue weighted by atomic mass is 16.5. The molecule has 0 unspecified atom stereocenters. The average molecular weight is 315 g/mol. The summed E-state index contributed by atoms with van der Waals surface area (Å²) in [5, 5.41) is 2.93. The molecule has 0 bridgehead atoms. The zero-order valence-corrected chi connectivity index (χ0v) is 15.6. The Bertz CT molecular complexity index is 290. The smallest absolute Gasteiger partial charge is 0.222 e. The second-order valence-electron chi connectivity index (χ2n) is 8.34. The van der Waals surface area contributed by atoms with Crippen LogP contribution in [0.15, 0.2) is 0 Å². The molecule has 0 spiro atoms. The fourth-order valence-corrected chi connectivity index (χ4v) is 1.72. The first kappa shape index (κ1) is 21.4. The van der Waals surface area contributed by atoms with Gasteiger partial charge in [0.1, 0.15) is 0 Å². The summed E-state index contributed by atoms with van der Waals surface area (Å²) in [5.74, 6) is 0.0813. The predicted molar refractivity (Wildman–Crippen MR) is 92.0 cm³/mol. The van der Waals surface area contributed by atoms with E-state index >= 15 is 0 Å². The lowest BCUT2D eigenvalue weighted by Crippen LogP contribution is -2.28. The molecule has 0 aliphatic carbocycles. The van der Waals surface area contributed by atoms with Gasteiger partial charge in [-0.2, -0.15) is 0 Å². The number of hydrogen-bond donors (Lipinski definition) is 1. The number of carbonyl (C=O) groups excluding carboxylic acids is 1. The highest BCUT2D eigenvalue weighted by Gasteiger charge is 2.10. The first-order chi connectivity index (χ1) is 10.1. The van der Waals surface area contributed by atoms with Gasteiger partial charge in [-0.25, -0.2) is 0 Å². The lowest BCUT2D eigenvalue weighted by atomic mass is 9.92. The maximum absolute atomic E-state index is 11.6. The molecule has 0 atom stereocenters. The molecule has 0 aliphatic heterocycles. The molecule has 0 radical (unpaired) electrons. The second-order valence-corrected chi connectivity index (χ2v) is 8.34. The van der Waals surface area contributed by atoms with Crippen molar-refractivity contribution in [3.63, 3.8) is 0 Å². The zero-order valence-electron chi connectivity index (χ0n) is 15.6. The van der Waals surface area contributed by atoms with Crippen LogP contribution in [0.5, 0.6) is 0 Å². The zero-order chi connectivity index (χ0) is 17.1. The molecular formula is C18H37NO3. The van der Waals surface area contributed by atoms with Gasteiger partial charge in [-0.3, -0.25) is 4.79 Å². The van der Waals surface area contributed by atoms with Gasteiger partial charge in [0, 0.05) is 26.2 Å². The Kier molecular flexibility index (Phi) is 10.7. The molecule has 0 aromatic heterocycles. The number of carbonyl (C=O) groups is 1. The van der Waals surface area contributed by atoms with E-state index in [1.54, 1.807) is 0 Å². The Balaban J connectivity index is 3.30. The average Bonchev–Trinajstić information content (AvgIpc) is 2.33. The van der Waals surface area contributed by atoms with Gasteiger partial charge in [0.15, 0.2) is 0 Å². The van der Waals surface area contributed by atoms with Crippen molar-refractivity contribution in [3.8, 4) is 0 Å². The van der Waals surface area contributed by atoms with Gasteiger partial charge < -0.3 is 14.8 Å². The Morgan fingerprint density at radius 2 is 1.45 bits per heavy atom. The van der Waals surface area contributed by atoms with Crippen molar-refractivity contribution < 1.29 is 14.3 Å². The molecule has 22 heavy (non-hydrogen) atoms. The van der Waals surface area contributed by atoms with E-state index in [1.807, 2.05) is 0 Å². The molecule has 1 amide bonds. The fourth-order valence-electron chi connectivity index (χ4n) is 1.72. The minimum atomic E-state index is 0.0813. The van der Waals surface area contributed by atoms with E-state index in [4.69, 9.17) is 9.47 Å². The quantitative estimate of drug-likeness (QED) is 0.590. The third-order valence-electron chi connectivity index (χ3n) is 3.03. The molecular weight excluding hydrogens is 278 g/mol. The lowest BCUT2D eigenvalue weighted by molar-refractivity contribution is -0.122. The molecule has 1 N–H and O–H groups in total. The van der Waals surface area contributed by atoms with E-state index < -0.39 is 0 Å². The normalized spacial score (nSPS) is 12.5. The summed E-state index contributed by atoms with van der Waals surface area (Å²) < 4.78 is 11.1. The van der Waals surface area contributed by atoms with Crippen molar-refractivity contribution in [2.24, 2.45) is 10.8 Å². The van der Waals surface area contributed by atoms with Gasteiger partial charge >= 0.3 is 0 Å². The summed E-state index contributed by atoms with van der Waals surface area (Å²) in [6.45, 7) is 16.6. The maximum atomic E-state index is 11.6. The van der Waals surface area contributed by atoms with E-state index in [0.717, 1.165) is 39.0 Å². The Morgan fingerprint density at radius 3 is 2.00 bits per heavy atom. The number of hydrogen-bond acceptors (Lipinski definition) is 3. The predicted octanol–water partition coefficient (Wildman–Crippen LogP) is 3.79. The molecule has 0 saturated carbocycles. The molecule has 4 nitrogen and oxygen atoms in total. The van der Waals surface area contributed by atoms with Crippen LogP contribution >= 0.6 is 0 Å². The van der Waals surface area contributed by atoms with Crippen molar-refractivity contribution in [2.75, 3.05) is 33.0 Å². The molecule has 0 aromatic carbocycles. The van der Waals surface area contributed by atoms with Crippen LogP contribution < -0.4 is 5.32 Å². The summed E-state index contributed by atoms with van der Waals surface area (Å²) in [6, 6.07) is 0. The summed E-state index contributed by atoms with van der Waals surface area (Å²) in [7, 11) is 0. The molecule has 4 heteroatoms. The number of nitrogens with one attached hydrogen (secondary N) is 1. The van der Waals surface area contributed by atoms with Gasteiger partial charge in [0.2, 0.25) is 5.91 Å². The Hall–Kier alpha value is -0.610. The van der Waals surface area contributed by atoms with Crippen LogP contribution in [0.3, 0.4) is 0 Å². The van der Waals surface area contributed by atoms with Gasteiger partial charge in [0.25, 0.3) is 0 Å². The van der Waals surface area contributed by atoms with E-state index in [-0.39, 0.29) is 16.7 Å². The van der Waals surface area contributed by atoms with Gasteiger partial charge in [-0.1, -0.05) is 41.5 Å².